The van der Waals surface area contributed by atoms with Crippen molar-refractivity contribution in [1.29, 1.82) is 0 Å². The highest BCUT2D eigenvalue weighted by molar-refractivity contribution is 7.22. The lowest BCUT2D eigenvalue weighted by Crippen LogP contribution is -2.35. The molecule has 0 bridgehead atoms. The molecule has 1 fully saturated rings. The number of amides is 1. The summed E-state index contributed by atoms with van der Waals surface area (Å²) in [6.07, 6.45) is 0.440. The molecule has 3 aromatic rings. The third kappa shape index (κ3) is 2.64. The fourth-order valence-corrected chi connectivity index (χ4v) is 4.62. The molecule has 0 spiro atoms. The van der Waals surface area contributed by atoms with Crippen LogP contribution in [0.5, 0.6) is 0 Å². The molecule has 0 N–H and O–H groups in total. The molecule has 4 rings (SSSR count). The number of benzene rings is 2. The van der Waals surface area contributed by atoms with Crippen molar-refractivity contribution in [3.63, 3.8) is 0 Å². The zero-order valence-electron chi connectivity index (χ0n) is 13.8. The van der Waals surface area contributed by atoms with E-state index in [2.05, 4.69) is 4.98 Å². The van der Waals surface area contributed by atoms with Crippen molar-refractivity contribution in [2.24, 2.45) is 5.41 Å². The van der Waals surface area contributed by atoms with E-state index in [1.165, 1.54) is 11.3 Å². The molecule has 0 saturated heterocycles. The first kappa shape index (κ1) is 16.8. The Morgan fingerprint density at radius 3 is 2.44 bits per heavy atom. The van der Waals surface area contributed by atoms with E-state index in [0.717, 1.165) is 21.5 Å². The quantitative estimate of drug-likeness (QED) is 0.525. The average molecular weight is 391 g/mol. The summed E-state index contributed by atoms with van der Waals surface area (Å²) in [5.41, 5.74) is 1.87. The standard InChI is InChI=1S/C19H16Cl2N2OS/c1-12-7-3-5-9-14(12)23(16(24)18(2)11-19(18,20)21)17-22-13-8-4-6-10-15(13)25-17/h3-10H,11H2,1-2H3. The van der Waals surface area contributed by atoms with Gasteiger partial charge in [-0.3, -0.25) is 9.69 Å². The highest BCUT2D eigenvalue weighted by Crippen LogP contribution is 2.65. The normalized spacial score (nSPS) is 21.3. The summed E-state index contributed by atoms with van der Waals surface area (Å²) in [4.78, 5) is 19.7. The Labute approximate surface area is 160 Å². The van der Waals surface area contributed by atoms with Crippen LogP contribution in [0.3, 0.4) is 0 Å². The molecule has 1 atom stereocenters. The summed E-state index contributed by atoms with van der Waals surface area (Å²) in [6, 6.07) is 15.6. The second kappa shape index (κ2) is 5.70. The minimum atomic E-state index is -1.03. The molecule has 128 valence electrons. The summed E-state index contributed by atoms with van der Waals surface area (Å²) in [6.45, 7) is 3.79. The van der Waals surface area contributed by atoms with Crippen molar-refractivity contribution in [3.8, 4) is 0 Å². The number of para-hydroxylation sites is 2. The lowest BCUT2D eigenvalue weighted by molar-refractivity contribution is -0.122. The molecule has 1 amide bonds. The fourth-order valence-electron chi connectivity index (χ4n) is 2.95. The first-order valence-corrected chi connectivity index (χ1v) is 9.54. The van der Waals surface area contributed by atoms with E-state index in [-0.39, 0.29) is 5.91 Å². The second-order valence-corrected chi connectivity index (χ2v) is 9.10. The molecule has 1 aliphatic rings. The van der Waals surface area contributed by atoms with Crippen LogP contribution < -0.4 is 4.90 Å². The number of alkyl halides is 2. The SMILES string of the molecule is Cc1ccccc1N(C(=O)C1(C)CC1(Cl)Cl)c1nc2ccccc2s1. The number of nitrogens with zero attached hydrogens (tertiary/aromatic N) is 2. The number of aromatic nitrogens is 1. The number of aryl methyl sites for hydroxylation is 1. The Bertz CT molecular complexity index is 951. The smallest absolute Gasteiger partial charge is 0.242 e. The molecule has 1 saturated carbocycles. The third-order valence-electron chi connectivity index (χ3n) is 4.76. The van der Waals surface area contributed by atoms with Crippen LogP contribution in [0.15, 0.2) is 48.5 Å². The van der Waals surface area contributed by atoms with E-state index in [9.17, 15) is 4.79 Å². The topological polar surface area (TPSA) is 33.2 Å². The lowest BCUT2D eigenvalue weighted by Gasteiger charge is -2.25. The van der Waals surface area contributed by atoms with E-state index >= 15 is 0 Å². The zero-order chi connectivity index (χ0) is 17.8. The van der Waals surface area contributed by atoms with Crippen LogP contribution in [0, 0.1) is 12.3 Å². The van der Waals surface area contributed by atoms with Gasteiger partial charge in [0.1, 0.15) is 4.33 Å². The average Bonchev–Trinajstić information content (AvgIpc) is 2.93. The van der Waals surface area contributed by atoms with E-state index < -0.39 is 9.75 Å². The number of halogens is 2. The number of carbonyl (C=O) groups excluding carboxylic acids is 1. The molecular weight excluding hydrogens is 375 g/mol. The Balaban J connectivity index is 1.87. The summed E-state index contributed by atoms with van der Waals surface area (Å²) in [7, 11) is 0. The second-order valence-electron chi connectivity index (χ2n) is 6.60. The van der Waals surface area contributed by atoms with E-state index in [1.807, 2.05) is 62.4 Å². The van der Waals surface area contributed by atoms with Crippen molar-refractivity contribution < 1.29 is 4.79 Å². The molecule has 6 heteroatoms. The van der Waals surface area contributed by atoms with Crippen LogP contribution in [-0.4, -0.2) is 15.2 Å². The Hall–Kier alpha value is -1.62. The van der Waals surface area contributed by atoms with Gasteiger partial charge in [-0.05, 0) is 44.0 Å². The van der Waals surface area contributed by atoms with Crippen LogP contribution >= 0.6 is 34.5 Å². The zero-order valence-corrected chi connectivity index (χ0v) is 16.1. The number of fused-ring (bicyclic) bond motifs is 1. The number of anilines is 2. The number of hydrogen-bond donors (Lipinski definition) is 0. The summed E-state index contributed by atoms with van der Waals surface area (Å²) >= 11 is 14.1. The van der Waals surface area contributed by atoms with Crippen molar-refractivity contribution in [2.75, 3.05) is 4.90 Å². The van der Waals surface area contributed by atoms with Gasteiger partial charge in [-0.2, -0.15) is 0 Å². The van der Waals surface area contributed by atoms with Crippen molar-refractivity contribution in [2.45, 2.75) is 24.6 Å². The van der Waals surface area contributed by atoms with Crippen molar-refractivity contribution in [1.82, 2.24) is 4.98 Å². The van der Waals surface area contributed by atoms with Crippen LogP contribution in [0.1, 0.15) is 18.9 Å². The molecular formula is C19H16Cl2N2OS. The van der Waals surface area contributed by atoms with Gasteiger partial charge >= 0.3 is 0 Å². The molecule has 1 aromatic heterocycles. The minimum absolute atomic E-state index is 0.120. The number of carbonyl (C=O) groups is 1. The van der Waals surface area contributed by atoms with Gasteiger partial charge < -0.3 is 0 Å². The molecule has 3 nitrogen and oxygen atoms in total. The predicted octanol–water partition coefficient (Wildman–Crippen LogP) is 5.85. The molecule has 1 unspecified atom stereocenters. The maximum absolute atomic E-state index is 13.4. The van der Waals surface area contributed by atoms with Crippen molar-refractivity contribution >= 4 is 61.5 Å². The van der Waals surface area contributed by atoms with Crippen LogP contribution in [0.25, 0.3) is 10.2 Å². The van der Waals surface area contributed by atoms with Gasteiger partial charge in [0.2, 0.25) is 5.91 Å². The first-order valence-electron chi connectivity index (χ1n) is 7.97. The largest absolute Gasteiger partial charge is 0.273 e. The summed E-state index contributed by atoms with van der Waals surface area (Å²) in [5, 5.41) is 0.637. The minimum Gasteiger partial charge on any atom is -0.273 e. The first-order chi connectivity index (χ1) is 11.8. The Kier molecular flexibility index (Phi) is 3.83. The van der Waals surface area contributed by atoms with E-state index in [1.54, 1.807) is 4.90 Å². The highest BCUT2D eigenvalue weighted by atomic mass is 35.5. The van der Waals surface area contributed by atoms with Gasteiger partial charge in [0.15, 0.2) is 5.13 Å². The van der Waals surface area contributed by atoms with Crippen LogP contribution in [-0.2, 0) is 4.79 Å². The monoisotopic (exact) mass is 390 g/mol. The molecule has 2 aromatic carbocycles. The number of thiazole rings is 1. The Morgan fingerprint density at radius 2 is 1.80 bits per heavy atom. The predicted molar refractivity (Wildman–Crippen MR) is 105 cm³/mol. The molecule has 1 aliphatic carbocycles. The maximum atomic E-state index is 13.4. The van der Waals surface area contributed by atoms with Gasteiger partial charge in [0.25, 0.3) is 0 Å². The number of rotatable bonds is 3. The van der Waals surface area contributed by atoms with Gasteiger partial charge in [-0.15, -0.1) is 23.2 Å². The van der Waals surface area contributed by atoms with Crippen molar-refractivity contribution in [3.05, 3.63) is 54.1 Å². The molecule has 0 radical (unpaired) electrons. The van der Waals surface area contributed by atoms with Gasteiger partial charge in [-0.25, -0.2) is 4.98 Å². The van der Waals surface area contributed by atoms with Crippen LogP contribution in [0.4, 0.5) is 10.8 Å². The Morgan fingerprint density at radius 1 is 1.16 bits per heavy atom. The molecule has 0 aliphatic heterocycles. The van der Waals surface area contributed by atoms with E-state index in [0.29, 0.717) is 11.6 Å². The van der Waals surface area contributed by atoms with E-state index in [4.69, 9.17) is 23.2 Å². The lowest BCUT2D eigenvalue weighted by atomic mass is 10.1. The number of hydrogen-bond acceptors (Lipinski definition) is 3. The van der Waals surface area contributed by atoms with Gasteiger partial charge in [-0.1, -0.05) is 41.7 Å². The molecule has 25 heavy (non-hydrogen) atoms. The maximum Gasteiger partial charge on any atom is 0.242 e. The fraction of sp³-hybridized carbons (Fsp3) is 0.263. The van der Waals surface area contributed by atoms with Gasteiger partial charge in [0.05, 0.1) is 21.3 Å². The summed E-state index contributed by atoms with van der Waals surface area (Å²) in [5.74, 6) is -0.120. The summed E-state index contributed by atoms with van der Waals surface area (Å²) < 4.78 is 0.00895. The third-order valence-corrected chi connectivity index (χ3v) is 6.89. The van der Waals surface area contributed by atoms with Crippen LogP contribution in [0.2, 0.25) is 0 Å². The van der Waals surface area contributed by atoms with Gasteiger partial charge in [0, 0.05) is 0 Å². The highest BCUT2D eigenvalue weighted by Gasteiger charge is 2.69. The molecule has 1 heterocycles.